The Morgan fingerprint density at radius 2 is 1.62 bits per heavy atom. The van der Waals surface area contributed by atoms with Gasteiger partial charge in [0.15, 0.2) is 4.90 Å². The molecule has 0 fully saturated rings. The normalized spacial score (nSPS) is 11.6. The minimum absolute atomic E-state index is 0.229. The van der Waals surface area contributed by atoms with Crippen LogP contribution in [0.3, 0.4) is 0 Å². The lowest BCUT2D eigenvalue weighted by atomic mass is 9.97. The van der Waals surface area contributed by atoms with Gasteiger partial charge in [-0.05, 0) is 34.9 Å². The monoisotopic (exact) mass is 453 g/mol. The lowest BCUT2D eigenvalue weighted by molar-refractivity contribution is -0.387. The Hall–Kier alpha value is -4.02. The predicted molar refractivity (Wildman–Crippen MR) is 119 cm³/mol. The van der Waals surface area contributed by atoms with Crippen molar-refractivity contribution in [3.8, 4) is 0 Å². The minimum atomic E-state index is -4.25. The molecule has 164 valence electrons. The Kier molecular flexibility index (Phi) is 6.67. The van der Waals surface area contributed by atoms with Crippen LogP contribution in [0.5, 0.6) is 0 Å². The highest BCUT2D eigenvalue weighted by Crippen LogP contribution is 2.31. The van der Waals surface area contributed by atoms with Crippen LogP contribution >= 0.6 is 0 Å². The van der Waals surface area contributed by atoms with Gasteiger partial charge in [0, 0.05) is 19.2 Å². The number of rotatable bonds is 7. The van der Waals surface area contributed by atoms with Gasteiger partial charge in [0.05, 0.1) is 10.6 Å². The van der Waals surface area contributed by atoms with E-state index < -0.39 is 31.4 Å². The molecule has 0 spiro atoms. The molecule has 3 aromatic rings. The molecule has 0 aliphatic rings. The van der Waals surface area contributed by atoms with Crippen molar-refractivity contribution in [3.63, 3.8) is 0 Å². The molecule has 0 aliphatic heterocycles. The van der Waals surface area contributed by atoms with E-state index in [2.05, 4.69) is 0 Å². The first kappa shape index (κ1) is 22.7. The van der Waals surface area contributed by atoms with Crippen LogP contribution in [0.15, 0.2) is 89.8 Å². The Labute approximate surface area is 184 Å². The average Bonchev–Trinajstić information content (AvgIpc) is 2.82. The minimum Gasteiger partial charge on any atom is -0.288 e. The molecule has 3 aromatic carbocycles. The SMILES string of the molecule is CN(c1cccc(C(=CC(=O)NO)c2ccccc2)c1)S(=O)(=O)c1ccccc1[N+](=O)[O-]. The topological polar surface area (TPSA) is 130 Å². The van der Waals surface area contributed by atoms with Gasteiger partial charge < -0.3 is 0 Å². The largest absolute Gasteiger partial charge is 0.289 e. The van der Waals surface area contributed by atoms with Crippen molar-refractivity contribution in [2.24, 2.45) is 0 Å². The fourth-order valence-electron chi connectivity index (χ4n) is 3.10. The van der Waals surface area contributed by atoms with Crippen molar-refractivity contribution in [3.05, 3.63) is 106 Å². The smallest absolute Gasteiger partial charge is 0.288 e. The molecule has 0 aromatic heterocycles. The molecule has 0 heterocycles. The van der Waals surface area contributed by atoms with Gasteiger partial charge in [-0.15, -0.1) is 0 Å². The number of sulfonamides is 1. The average molecular weight is 453 g/mol. The number of carbonyl (C=O) groups excluding carboxylic acids is 1. The molecular formula is C22H19N3O6S. The zero-order chi connectivity index (χ0) is 23.3. The highest BCUT2D eigenvalue weighted by atomic mass is 32.2. The third-order valence-electron chi connectivity index (χ3n) is 4.69. The van der Waals surface area contributed by atoms with Gasteiger partial charge in [-0.2, -0.15) is 0 Å². The molecule has 0 aliphatic carbocycles. The molecule has 2 N–H and O–H groups in total. The van der Waals surface area contributed by atoms with Gasteiger partial charge in [0.2, 0.25) is 0 Å². The van der Waals surface area contributed by atoms with Gasteiger partial charge in [-0.25, -0.2) is 13.9 Å². The van der Waals surface area contributed by atoms with Gasteiger partial charge in [0.25, 0.3) is 21.6 Å². The first-order valence-electron chi connectivity index (χ1n) is 9.29. The van der Waals surface area contributed by atoms with E-state index in [1.54, 1.807) is 47.9 Å². The summed E-state index contributed by atoms with van der Waals surface area (Å²) in [6.45, 7) is 0. The van der Waals surface area contributed by atoms with E-state index in [1.807, 2.05) is 0 Å². The lowest BCUT2D eigenvalue weighted by Crippen LogP contribution is -2.27. The predicted octanol–water partition coefficient (Wildman–Crippen LogP) is 3.36. The standard InChI is InChI=1S/C22H19N3O6S/c1-24(32(30,31)21-13-6-5-12-20(21)25(28)29)18-11-7-10-17(14-18)19(15-22(26)23-27)16-8-3-2-4-9-16/h2-15,27H,1H3,(H,23,26). The number of hydrogen-bond donors (Lipinski definition) is 2. The molecule has 10 heteroatoms. The molecule has 0 bridgehead atoms. The van der Waals surface area contributed by atoms with Crippen molar-refractivity contribution in [1.82, 2.24) is 5.48 Å². The number of benzene rings is 3. The molecule has 0 saturated heterocycles. The maximum atomic E-state index is 13.1. The van der Waals surface area contributed by atoms with Crippen LogP contribution < -0.4 is 9.79 Å². The van der Waals surface area contributed by atoms with Gasteiger partial charge >= 0.3 is 0 Å². The van der Waals surface area contributed by atoms with Gasteiger partial charge in [-0.3, -0.25) is 24.4 Å². The molecule has 0 radical (unpaired) electrons. The summed E-state index contributed by atoms with van der Waals surface area (Å²) in [5.74, 6) is -0.754. The molecule has 3 rings (SSSR count). The van der Waals surface area contributed by atoms with Gasteiger partial charge in [0.1, 0.15) is 0 Å². The third kappa shape index (κ3) is 4.66. The number of nitro benzene ring substituents is 1. The number of amides is 1. The number of nitrogens with one attached hydrogen (secondary N) is 1. The lowest BCUT2D eigenvalue weighted by Gasteiger charge is -2.20. The first-order chi connectivity index (χ1) is 15.3. The van der Waals surface area contributed by atoms with E-state index >= 15 is 0 Å². The summed E-state index contributed by atoms with van der Waals surface area (Å²) >= 11 is 0. The van der Waals surface area contributed by atoms with Crippen molar-refractivity contribution in [2.45, 2.75) is 4.90 Å². The number of nitro groups is 1. The second-order valence-electron chi connectivity index (χ2n) is 6.65. The first-order valence-corrected chi connectivity index (χ1v) is 10.7. The van der Waals surface area contributed by atoms with Crippen molar-refractivity contribution in [2.75, 3.05) is 11.4 Å². The van der Waals surface area contributed by atoms with E-state index in [1.165, 1.54) is 43.5 Å². The van der Waals surface area contributed by atoms with Crippen LogP contribution in [0.1, 0.15) is 11.1 Å². The number of hydrogen-bond acceptors (Lipinski definition) is 6. The van der Waals surface area contributed by atoms with Gasteiger partial charge in [-0.1, -0.05) is 54.6 Å². The fourth-order valence-corrected chi connectivity index (χ4v) is 4.44. The summed E-state index contributed by atoms with van der Waals surface area (Å²) < 4.78 is 27.2. The Balaban J connectivity index is 2.09. The molecule has 1 amide bonds. The number of para-hydroxylation sites is 1. The number of carbonyl (C=O) groups is 1. The maximum Gasteiger partial charge on any atom is 0.289 e. The van der Waals surface area contributed by atoms with Crippen LogP contribution in [0.2, 0.25) is 0 Å². The number of nitrogens with zero attached hydrogens (tertiary/aromatic N) is 2. The van der Waals surface area contributed by atoms with Crippen LogP contribution in [-0.2, 0) is 14.8 Å². The highest BCUT2D eigenvalue weighted by Gasteiger charge is 2.29. The van der Waals surface area contributed by atoms with Crippen molar-refractivity contribution < 1.29 is 23.3 Å². The van der Waals surface area contributed by atoms with Crippen molar-refractivity contribution in [1.29, 1.82) is 0 Å². The fraction of sp³-hybridized carbons (Fsp3) is 0.0455. The zero-order valence-electron chi connectivity index (χ0n) is 16.9. The summed E-state index contributed by atoms with van der Waals surface area (Å²) in [6, 6.07) is 20.3. The van der Waals surface area contributed by atoms with Crippen LogP contribution in [0.4, 0.5) is 11.4 Å². The van der Waals surface area contributed by atoms with E-state index in [0.29, 0.717) is 16.7 Å². The molecular weight excluding hydrogens is 434 g/mol. The number of anilines is 1. The Bertz CT molecular complexity index is 1290. The molecule has 9 nitrogen and oxygen atoms in total. The summed E-state index contributed by atoms with van der Waals surface area (Å²) in [6.07, 6.45) is 1.19. The zero-order valence-corrected chi connectivity index (χ0v) is 17.7. The summed E-state index contributed by atoms with van der Waals surface area (Å²) in [5.41, 5.74) is 2.86. The third-order valence-corrected chi connectivity index (χ3v) is 6.52. The van der Waals surface area contributed by atoms with E-state index in [0.717, 1.165) is 10.4 Å². The van der Waals surface area contributed by atoms with E-state index in [4.69, 9.17) is 5.21 Å². The maximum absolute atomic E-state index is 13.1. The summed E-state index contributed by atoms with van der Waals surface area (Å²) in [5, 5.41) is 20.3. The number of hydroxylamine groups is 1. The van der Waals surface area contributed by atoms with Crippen LogP contribution in [0.25, 0.3) is 5.57 Å². The molecule has 0 saturated carbocycles. The molecule has 0 unspecified atom stereocenters. The quantitative estimate of drug-likeness (QED) is 0.244. The summed E-state index contributed by atoms with van der Waals surface area (Å²) in [7, 11) is -2.96. The van der Waals surface area contributed by atoms with E-state index in [9.17, 15) is 23.3 Å². The highest BCUT2D eigenvalue weighted by molar-refractivity contribution is 7.93. The van der Waals surface area contributed by atoms with Crippen LogP contribution in [-0.4, -0.2) is 31.5 Å². The second kappa shape index (κ2) is 9.41. The van der Waals surface area contributed by atoms with Crippen LogP contribution in [0, 0.1) is 10.1 Å². The second-order valence-corrected chi connectivity index (χ2v) is 8.59. The summed E-state index contributed by atoms with van der Waals surface area (Å²) in [4.78, 5) is 22.0. The van der Waals surface area contributed by atoms with E-state index in [-0.39, 0.29) is 5.69 Å². The Morgan fingerprint density at radius 1 is 1.00 bits per heavy atom. The molecule has 32 heavy (non-hydrogen) atoms. The molecule has 0 atom stereocenters. The Morgan fingerprint density at radius 3 is 2.28 bits per heavy atom. The van der Waals surface area contributed by atoms with Crippen molar-refractivity contribution >= 4 is 32.9 Å².